The molecule has 0 radical (unpaired) electrons. The van der Waals surface area contributed by atoms with Gasteiger partial charge in [0.05, 0.1) is 21.1 Å². The van der Waals surface area contributed by atoms with Crippen molar-refractivity contribution in [3.8, 4) is 0 Å². The van der Waals surface area contributed by atoms with Crippen molar-refractivity contribution in [2.24, 2.45) is 0 Å². The van der Waals surface area contributed by atoms with Crippen LogP contribution >= 0.6 is 0 Å². The Labute approximate surface area is 220 Å². The third-order valence-electron chi connectivity index (χ3n) is 7.55. The van der Waals surface area contributed by atoms with Crippen LogP contribution in [0.2, 0.25) is 0 Å². The standard InChI is InChI=1S/C31H64N2O2/c1-6-8-10-12-19-22-26-30(34)29(33(3,4)5)25-21-18-16-14-13-15-17-20-23-27-31(35)32-28-24-11-9-7-2/h29-30,34H,6-28H2,1-5H3/p+1. The molecule has 0 aliphatic carbocycles. The highest BCUT2D eigenvalue weighted by Gasteiger charge is 2.30. The van der Waals surface area contributed by atoms with Crippen LogP contribution in [-0.4, -0.2) is 55.3 Å². The summed E-state index contributed by atoms with van der Waals surface area (Å²) in [6.45, 7) is 5.33. The summed E-state index contributed by atoms with van der Waals surface area (Å²) in [7, 11) is 6.73. The number of carbonyl (C=O) groups is 1. The van der Waals surface area contributed by atoms with E-state index >= 15 is 0 Å². The summed E-state index contributed by atoms with van der Waals surface area (Å²) in [6.07, 6.45) is 26.6. The highest BCUT2D eigenvalue weighted by molar-refractivity contribution is 5.75. The molecule has 0 rings (SSSR count). The zero-order valence-electron chi connectivity index (χ0n) is 24.7. The maximum absolute atomic E-state index is 11.8. The first kappa shape index (κ1) is 34.4. The molecule has 0 aromatic carbocycles. The maximum Gasteiger partial charge on any atom is 0.219 e. The average Bonchev–Trinajstić information content (AvgIpc) is 2.81. The van der Waals surface area contributed by atoms with E-state index in [4.69, 9.17) is 0 Å². The van der Waals surface area contributed by atoms with Gasteiger partial charge in [-0.15, -0.1) is 0 Å². The lowest BCUT2D eigenvalue weighted by Crippen LogP contribution is -2.51. The summed E-state index contributed by atoms with van der Waals surface area (Å²) in [5, 5.41) is 13.9. The number of aliphatic hydroxyl groups excluding tert-OH is 1. The molecule has 0 fully saturated rings. The molecule has 35 heavy (non-hydrogen) atoms. The Balaban J connectivity index is 3.69. The number of aliphatic hydroxyl groups is 1. The van der Waals surface area contributed by atoms with E-state index in [2.05, 4.69) is 40.3 Å². The van der Waals surface area contributed by atoms with Crippen LogP contribution in [0.3, 0.4) is 0 Å². The van der Waals surface area contributed by atoms with Gasteiger partial charge in [-0.1, -0.05) is 117 Å². The van der Waals surface area contributed by atoms with Crippen molar-refractivity contribution in [3.63, 3.8) is 0 Å². The molecular weight excluding hydrogens is 432 g/mol. The number of hydrogen-bond donors (Lipinski definition) is 2. The van der Waals surface area contributed by atoms with Crippen molar-refractivity contribution in [1.29, 1.82) is 0 Å². The first-order chi connectivity index (χ1) is 16.8. The van der Waals surface area contributed by atoms with Crippen LogP contribution in [-0.2, 0) is 4.79 Å². The van der Waals surface area contributed by atoms with E-state index in [0.717, 1.165) is 36.7 Å². The van der Waals surface area contributed by atoms with Gasteiger partial charge in [0.25, 0.3) is 0 Å². The average molecular weight is 498 g/mol. The second-order valence-corrected chi connectivity index (χ2v) is 11.9. The normalized spacial score (nSPS) is 13.7. The molecule has 2 N–H and O–H groups in total. The number of unbranched alkanes of at least 4 members (excludes halogenated alkanes) is 16. The van der Waals surface area contributed by atoms with Crippen LogP contribution in [0.1, 0.15) is 155 Å². The summed E-state index contributed by atoms with van der Waals surface area (Å²) in [5.41, 5.74) is 0. The minimum Gasteiger partial charge on any atom is -0.387 e. The molecular formula is C31H65N2O2+. The minimum atomic E-state index is -0.163. The van der Waals surface area contributed by atoms with E-state index in [1.165, 1.54) is 109 Å². The Morgan fingerprint density at radius 1 is 0.629 bits per heavy atom. The Kier molecular flexibility index (Phi) is 23.4. The van der Waals surface area contributed by atoms with E-state index in [-0.39, 0.29) is 12.0 Å². The number of quaternary nitrogens is 1. The van der Waals surface area contributed by atoms with Gasteiger partial charge in [-0.25, -0.2) is 0 Å². The van der Waals surface area contributed by atoms with Gasteiger partial charge in [-0.3, -0.25) is 4.79 Å². The number of hydrogen-bond acceptors (Lipinski definition) is 2. The molecule has 0 saturated heterocycles. The van der Waals surface area contributed by atoms with Crippen molar-refractivity contribution < 1.29 is 14.4 Å². The fourth-order valence-electron chi connectivity index (χ4n) is 5.17. The van der Waals surface area contributed by atoms with Crippen molar-refractivity contribution in [1.82, 2.24) is 5.32 Å². The lowest BCUT2D eigenvalue weighted by Gasteiger charge is -2.37. The van der Waals surface area contributed by atoms with E-state index in [9.17, 15) is 9.90 Å². The largest absolute Gasteiger partial charge is 0.387 e. The van der Waals surface area contributed by atoms with E-state index in [1.54, 1.807) is 0 Å². The predicted molar refractivity (Wildman–Crippen MR) is 154 cm³/mol. The van der Waals surface area contributed by atoms with Crippen LogP contribution in [0, 0.1) is 0 Å². The van der Waals surface area contributed by atoms with Crippen LogP contribution in [0.4, 0.5) is 0 Å². The van der Waals surface area contributed by atoms with Gasteiger partial charge in [0.1, 0.15) is 12.1 Å². The smallest absolute Gasteiger partial charge is 0.219 e. The third kappa shape index (κ3) is 22.3. The molecule has 2 atom stereocenters. The van der Waals surface area contributed by atoms with Crippen molar-refractivity contribution in [3.05, 3.63) is 0 Å². The monoisotopic (exact) mass is 498 g/mol. The molecule has 0 bridgehead atoms. The topological polar surface area (TPSA) is 49.3 Å². The zero-order valence-corrected chi connectivity index (χ0v) is 24.7. The number of nitrogens with zero attached hydrogens (tertiary/aromatic N) is 1. The molecule has 0 saturated carbocycles. The molecule has 0 aromatic heterocycles. The Morgan fingerprint density at radius 2 is 1.06 bits per heavy atom. The van der Waals surface area contributed by atoms with Crippen LogP contribution in [0.15, 0.2) is 0 Å². The molecule has 0 spiro atoms. The highest BCUT2D eigenvalue weighted by atomic mass is 16.3. The summed E-state index contributed by atoms with van der Waals surface area (Å²) < 4.78 is 0.869. The first-order valence-corrected chi connectivity index (χ1v) is 15.6. The molecule has 2 unspecified atom stereocenters. The quantitative estimate of drug-likeness (QED) is 0.0935. The molecule has 1 amide bonds. The van der Waals surface area contributed by atoms with Gasteiger partial charge in [0, 0.05) is 19.4 Å². The molecule has 4 nitrogen and oxygen atoms in total. The maximum atomic E-state index is 11.8. The van der Waals surface area contributed by atoms with Crippen molar-refractivity contribution in [2.75, 3.05) is 27.7 Å². The predicted octanol–water partition coefficient (Wildman–Crippen LogP) is 8.16. The van der Waals surface area contributed by atoms with E-state index in [0.29, 0.717) is 12.5 Å². The Hall–Kier alpha value is -0.610. The molecule has 210 valence electrons. The second kappa shape index (κ2) is 23.8. The summed E-state index contributed by atoms with van der Waals surface area (Å²) in [4.78, 5) is 11.8. The first-order valence-electron chi connectivity index (χ1n) is 15.6. The zero-order chi connectivity index (χ0) is 26.2. The number of likely N-dealkylation sites (N-methyl/N-ethyl adjacent to an activating group) is 1. The lowest BCUT2D eigenvalue weighted by molar-refractivity contribution is -0.900. The van der Waals surface area contributed by atoms with E-state index in [1.807, 2.05) is 0 Å². The third-order valence-corrected chi connectivity index (χ3v) is 7.55. The highest BCUT2D eigenvalue weighted by Crippen LogP contribution is 2.21. The minimum absolute atomic E-state index is 0.163. The molecule has 0 heterocycles. The number of nitrogens with one attached hydrogen (secondary N) is 1. The number of amides is 1. The number of carbonyl (C=O) groups excluding carboxylic acids is 1. The van der Waals surface area contributed by atoms with Gasteiger partial charge in [-0.05, 0) is 25.7 Å². The van der Waals surface area contributed by atoms with Crippen LogP contribution in [0.5, 0.6) is 0 Å². The van der Waals surface area contributed by atoms with Crippen LogP contribution < -0.4 is 5.32 Å². The van der Waals surface area contributed by atoms with Crippen molar-refractivity contribution >= 4 is 5.91 Å². The molecule has 0 aliphatic heterocycles. The Morgan fingerprint density at radius 3 is 1.57 bits per heavy atom. The van der Waals surface area contributed by atoms with E-state index < -0.39 is 0 Å². The van der Waals surface area contributed by atoms with Gasteiger partial charge >= 0.3 is 0 Å². The fourth-order valence-corrected chi connectivity index (χ4v) is 5.17. The van der Waals surface area contributed by atoms with Gasteiger partial charge in [0.15, 0.2) is 0 Å². The summed E-state index contributed by atoms with van der Waals surface area (Å²) >= 11 is 0. The lowest BCUT2D eigenvalue weighted by atomic mass is 9.95. The number of rotatable bonds is 26. The van der Waals surface area contributed by atoms with Crippen molar-refractivity contribution in [2.45, 2.75) is 167 Å². The van der Waals surface area contributed by atoms with Gasteiger partial charge in [-0.2, -0.15) is 0 Å². The molecule has 4 heteroatoms. The fraction of sp³-hybridized carbons (Fsp3) is 0.968. The van der Waals surface area contributed by atoms with Gasteiger partial charge < -0.3 is 14.9 Å². The summed E-state index contributed by atoms with van der Waals surface area (Å²) in [6, 6.07) is 0.360. The second-order valence-electron chi connectivity index (χ2n) is 11.9. The summed E-state index contributed by atoms with van der Waals surface area (Å²) in [5.74, 6) is 0.241. The van der Waals surface area contributed by atoms with Gasteiger partial charge in [0.2, 0.25) is 5.91 Å². The Bertz CT molecular complexity index is 461. The molecule has 0 aromatic rings. The van der Waals surface area contributed by atoms with Crippen LogP contribution in [0.25, 0.3) is 0 Å². The molecule has 0 aliphatic rings. The SMILES string of the molecule is CCCCCCCCC(O)C(CCCCCCCCCCCC(=O)NCCCCCC)[N+](C)(C)C.